The summed E-state index contributed by atoms with van der Waals surface area (Å²) in [4.78, 5) is 29.1. The Morgan fingerprint density at radius 3 is 2.84 bits per heavy atom. The van der Waals surface area contributed by atoms with Crippen LogP contribution in [0.15, 0.2) is 24.5 Å². The van der Waals surface area contributed by atoms with E-state index in [9.17, 15) is 9.59 Å². The molecule has 1 saturated heterocycles. The van der Waals surface area contributed by atoms with Crippen LogP contribution in [0.25, 0.3) is 0 Å². The van der Waals surface area contributed by atoms with Crippen molar-refractivity contribution in [3.05, 3.63) is 30.1 Å². The summed E-state index contributed by atoms with van der Waals surface area (Å²) in [5.74, 6) is -0.190. The number of hydrogen-bond acceptors (Lipinski definition) is 4. The lowest BCUT2D eigenvalue weighted by Crippen LogP contribution is -2.42. The molecule has 0 radical (unpaired) electrons. The molecule has 5 nitrogen and oxygen atoms in total. The minimum absolute atomic E-state index is 0.0647. The molecule has 1 fully saturated rings. The number of nitrogens with zero attached hydrogens (tertiary/aromatic N) is 2. The normalized spacial score (nSPS) is 19.5. The van der Waals surface area contributed by atoms with E-state index in [1.54, 1.807) is 6.20 Å². The molecule has 1 aliphatic rings. The van der Waals surface area contributed by atoms with Gasteiger partial charge in [0.05, 0.1) is 12.5 Å². The Kier molecular flexibility index (Phi) is 4.27. The molecular formula is C14H19N3O2. The second kappa shape index (κ2) is 5.93. The summed E-state index contributed by atoms with van der Waals surface area (Å²) in [6.07, 6.45) is 4.61. The highest BCUT2D eigenvalue weighted by molar-refractivity contribution is 6.05. The number of carbonyl (C=O) groups is 2. The summed E-state index contributed by atoms with van der Waals surface area (Å²) in [6.45, 7) is 4.38. The maximum Gasteiger partial charge on any atom is 0.247 e. The van der Waals surface area contributed by atoms with E-state index in [2.05, 4.69) is 10.3 Å². The van der Waals surface area contributed by atoms with Crippen molar-refractivity contribution >= 4 is 11.8 Å². The van der Waals surface area contributed by atoms with E-state index in [0.717, 1.165) is 12.0 Å². The molecule has 0 aliphatic carbocycles. The van der Waals surface area contributed by atoms with E-state index in [1.165, 1.54) is 4.90 Å². The van der Waals surface area contributed by atoms with Gasteiger partial charge in [0.1, 0.15) is 0 Å². The van der Waals surface area contributed by atoms with Crippen LogP contribution >= 0.6 is 0 Å². The highest BCUT2D eigenvalue weighted by Crippen LogP contribution is 2.16. The van der Waals surface area contributed by atoms with Crippen LogP contribution in [0.4, 0.5) is 0 Å². The molecular weight excluding hydrogens is 242 g/mol. The average molecular weight is 261 g/mol. The minimum atomic E-state index is -0.369. The zero-order chi connectivity index (χ0) is 13.8. The van der Waals surface area contributed by atoms with E-state index in [1.807, 2.05) is 32.2 Å². The highest BCUT2D eigenvalue weighted by atomic mass is 16.2. The van der Waals surface area contributed by atoms with Crippen LogP contribution in [-0.2, 0) is 16.0 Å². The molecule has 2 heterocycles. The quantitative estimate of drug-likeness (QED) is 0.795. The lowest BCUT2D eigenvalue weighted by atomic mass is 10.2. The third-order valence-electron chi connectivity index (χ3n) is 3.23. The Labute approximate surface area is 113 Å². The zero-order valence-corrected chi connectivity index (χ0v) is 11.3. The Bertz CT molecular complexity index is 459. The molecule has 2 amide bonds. The Balaban J connectivity index is 1.84. The van der Waals surface area contributed by atoms with Crippen LogP contribution in [0.3, 0.4) is 0 Å². The number of pyridine rings is 1. The van der Waals surface area contributed by atoms with Crippen LogP contribution in [0.1, 0.15) is 25.8 Å². The largest absolute Gasteiger partial charge is 0.305 e. The van der Waals surface area contributed by atoms with E-state index >= 15 is 0 Å². The fourth-order valence-corrected chi connectivity index (χ4v) is 2.29. The van der Waals surface area contributed by atoms with Crippen molar-refractivity contribution in [3.8, 4) is 0 Å². The number of rotatable bonds is 5. The standard InChI is InChI=1S/C14H19N3O2/c1-10(2)17-13(18)8-12(14(17)19)16-7-5-11-4-3-6-15-9-11/h3-4,6,9-10,12,16H,5,7-8H2,1-2H3. The molecule has 19 heavy (non-hydrogen) atoms. The molecule has 1 N–H and O–H groups in total. The first-order valence-corrected chi connectivity index (χ1v) is 6.58. The molecule has 0 bridgehead atoms. The van der Waals surface area contributed by atoms with Crippen molar-refractivity contribution in [1.82, 2.24) is 15.2 Å². The predicted molar refractivity (Wildman–Crippen MR) is 71.3 cm³/mol. The van der Waals surface area contributed by atoms with Gasteiger partial charge >= 0.3 is 0 Å². The van der Waals surface area contributed by atoms with Gasteiger partial charge in [0.15, 0.2) is 0 Å². The Morgan fingerprint density at radius 1 is 1.47 bits per heavy atom. The van der Waals surface area contributed by atoms with Gasteiger partial charge in [-0.25, -0.2) is 0 Å². The molecule has 1 aliphatic heterocycles. The van der Waals surface area contributed by atoms with Gasteiger partial charge in [-0.05, 0) is 38.4 Å². The lowest BCUT2D eigenvalue weighted by molar-refractivity contribution is -0.140. The van der Waals surface area contributed by atoms with Gasteiger partial charge in [0.2, 0.25) is 11.8 Å². The second-order valence-electron chi connectivity index (χ2n) is 5.02. The Morgan fingerprint density at radius 2 is 2.26 bits per heavy atom. The molecule has 1 aromatic heterocycles. The molecule has 0 aromatic carbocycles. The maximum absolute atomic E-state index is 12.0. The number of likely N-dealkylation sites (tertiary alicyclic amines) is 1. The second-order valence-corrected chi connectivity index (χ2v) is 5.02. The van der Waals surface area contributed by atoms with Crippen LogP contribution in [0.5, 0.6) is 0 Å². The van der Waals surface area contributed by atoms with Gasteiger partial charge < -0.3 is 5.32 Å². The molecule has 102 valence electrons. The highest BCUT2D eigenvalue weighted by Gasteiger charge is 2.39. The smallest absolute Gasteiger partial charge is 0.247 e. The number of carbonyl (C=O) groups excluding carboxylic acids is 2. The van der Waals surface area contributed by atoms with Crippen molar-refractivity contribution in [2.75, 3.05) is 6.54 Å². The molecule has 1 unspecified atom stereocenters. The fraction of sp³-hybridized carbons (Fsp3) is 0.500. The van der Waals surface area contributed by atoms with Crippen molar-refractivity contribution in [2.24, 2.45) is 0 Å². The van der Waals surface area contributed by atoms with Gasteiger partial charge in [0.25, 0.3) is 0 Å². The lowest BCUT2D eigenvalue weighted by Gasteiger charge is -2.19. The third kappa shape index (κ3) is 3.17. The molecule has 2 rings (SSSR count). The summed E-state index contributed by atoms with van der Waals surface area (Å²) < 4.78 is 0. The maximum atomic E-state index is 12.0. The SMILES string of the molecule is CC(C)N1C(=O)CC(NCCc2cccnc2)C1=O. The van der Waals surface area contributed by atoms with E-state index in [-0.39, 0.29) is 30.3 Å². The third-order valence-corrected chi connectivity index (χ3v) is 3.23. The number of imide groups is 1. The van der Waals surface area contributed by atoms with Gasteiger partial charge in [-0.2, -0.15) is 0 Å². The van der Waals surface area contributed by atoms with Crippen molar-refractivity contribution in [3.63, 3.8) is 0 Å². The number of amides is 2. The Hall–Kier alpha value is -1.75. The molecule has 0 spiro atoms. The van der Waals surface area contributed by atoms with Gasteiger partial charge in [-0.15, -0.1) is 0 Å². The summed E-state index contributed by atoms with van der Waals surface area (Å²) >= 11 is 0. The summed E-state index contributed by atoms with van der Waals surface area (Å²) in [7, 11) is 0. The fourth-order valence-electron chi connectivity index (χ4n) is 2.29. The van der Waals surface area contributed by atoms with E-state index < -0.39 is 0 Å². The predicted octanol–water partition coefficient (Wildman–Crippen LogP) is 0.750. The van der Waals surface area contributed by atoms with E-state index in [0.29, 0.717) is 6.54 Å². The summed E-state index contributed by atoms with van der Waals surface area (Å²) in [5, 5.41) is 3.16. The van der Waals surface area contributed by atoms with Crippen LogP contribution in [-0.4, -0.2) is 40.3 Å². The van der Waals surface area contributed by atoms with Crippen LogP contribution in [0, 0.1) is 0 Å². The monoisotopic (exact) mass is 261 g/mol. The minimum Gasteiger partial charge on any atom is -0.305 e. The molecule has 0 saturated carbocycles. The van der Waals surface area contributed by atoms with Crippen molar-refractivity contribution < 1.29 is 9.59 Å². The number of hydrogen-bond donors (Lipinski definition) is 1. The summed E-state index contributed by atoms with van der Waals surface area (Å²) in [5.41, 5.74) is 1.12. The van der Waals surface area contributed by atoms with Crippen LogP contribution in [0.2, 0.25) is 0 Å². The van der Waals surface area contributed by atoms with Gasteiger partial charge in [-0.1, -0.05) is 6.07 Å². The van der Waals surface area contributed by atoms with Crippen molar-refractivity contribution in [1.29, 1.82) is 0 Å². The first-order chi connectivity index (χ1) is 9.09. The van der Waals surface area contributed by atoms with Crippen LogP contribution < -0.4 is 5.32 Å². The zero-order valence-electron chi connectivity index (χ0n) is 11.3. The number of nitrogens with one attached hydrogen (secondary N) is 1. The first-order valence-electron chi connectivity index (χ1n) is 6.58. The van der Waals surface area contributed by atoms with Gasteiger partial charge in [-0.3, -0.25) is 19.5 Å². The van der Waals surface area contributed by atoms with Crippen molar-refractivity contribution in [2.45, 2.75) is 38.8 Å². The molecule has 1 atom stereocenters. The first kappa shape index (κ1) is 13.7. The van der Waals surface area contributed by atoms with E-state index in [4.69, 9.17) is 0 Å². The molecule has 5 heteroatoms. The molecule has 1 aromatic rings. The van der Waals surface area contributed by atoms with Gasteiger partial charge in [0, 0.05) is 18.4 Å². The average Bonchev–Trinajstić information content (AvgIpc) is 2.66. The topological polar surface area (TPSA) is 62.3 Å². The number of aromatic nitrogens is 1. The summed E-state index contributed by atoms with van der Waals surface area (Å²) in [6, 6.07) is 3.45.